The normalized spacial score (nSPS) is 11.4. The van der Waals surface area contributed by atoms with Crippen LogP contribution in [-0.4, -0.2) is 85.2 Å². The first-order valence-electron chi connectivity index (χ1n) is 7.50. The summed E-state index contributed by atoms with van der Waals surface area (Å²) in [5.74, 6) is 0.0822. The van der Waals surface area contributed by atoms with Gasteiger partial charge in [0.05, 0.1) is 11.8 Å². The van der Waals surface area contributed by atoms with Crippen LogP contribution < -0.4 is 0 Å². The molecule has 0 aromatic carbocycles. The van der Waals surface area contributed by atoms with E-state index in [9.17, 15) is 4.79 Å². The summed E-state index contributed by atoms with van der Waals surface area (Å²) < 4.78 is 0. The average Bonchev–Trinajstić information content (AvgIpc) is 2.81. The molecule has 0 spiro atoms. The van der Waals surface area contributed by atoms with Crippen LogP contribution in [0.3, 0.4) is 0 Å². The van der Waals surface area contributed by atoms with Gasteiger partial charge in [-0.2, -0.15) is 5.10 Å². The Bertz CT molecular complexity index is 413. The largest absolute Gasteiger partial charge is 0.338 e. The molecule has 1 rings (SSSR count). The van der Waals surface area contributed by atoms with E-state index in [1.54, 1.807) is 6.20 Å². The minimum absolute atomic E-state index is 0.0822. The van der Waals surface area contributed by atoms with E-state index in [0.717, 1.165) is 44.7 Å². The molecule has 0 aliphatic carbocycles. The predicted octanol–water partition coefficient (Wildman–Crippen LogP) is 1.06. The van der Waals surface area contributed by atoms with Crippen molar-refractivity contribution in [1.82, 2.24) is 24.9 Å². The van der Waals surface area contributed by atoms with Crippen molar-refractivity contribution in [3.63, 3.8) is 0 Å². The molecule has 0 radical (unpaired) electrons. The van der Waals surface area contributed by atoms with Crippen molar-refractivity contribution in [2.24, 2.45) is 0 Å². The highest BCUT2D eigenvalue weighted by atomic mass is 16.2. The minimum atomic E-state index is 0.0822. The van der Waals surface area contributed by atoms with Gasteiger partial charge >= 0.3 is 0 Å². The maximum atomic E-state index is 12.6. The van der Waals surface area contributed by atoms with Crippen molar-refractivity contribution in [2.75, 3.05) is 54.4 Å². The second kappa shape index (κ2) is 8.79. The zero-order valence-corrected chi connectivity index (χ0v) is 14.0. The molecule has 1 aromatic heterocycles. The Labute approximate surface area is 128 Å². The van der Waals surface area contributed by atoms with Crippen molar-refractivity contribution in [1.29, 1.82) is 0 Å². The van der Waals surface area contributed by atoms with Crippen molar-refractivity contribution in [3.05, 3.63) is 17.5 Å². The summed E-state index contributed by atoms with van der Waals surface area (Å²) in [7, 11) is 8.22. The Morgan fingerprint density at radius 2 is 1.57 bits per heavy atom. The SMILES string of the molecule is Cc1[nH]ncc1C(=O)N(CCCN(C)C)CCCN(C)C. The Morgan fingerprint density at radius 3 is 1.95 bits per heavy atom. The van der Waals surface area contributed by atoms with Crippen molar-refractivity contribution >= 4 is 5.91 Å². The third kappa shape index (κ3) is 6.27. The number of amides is 1. The predicted molar refractivity (Wildman–Crippen MR) is 85.6 cm³/mol. The molecule has 6 nitrogen and oxygen atoms in total. The zero-order chi connectivity index (χ0) is 15.8. The summed E-state index contributed by atoms with van der Waals surface area (Å²) in [5.41, 5.74) is 1.52. The molecule has 21 heavy (non-hydrogen) atoms. The Kier molecular flexibility index (Phi) is 7.39. The number of nitrogens with one attached hydrogen (secondary N) is 1. The van der Waals surface area contributed by atoms with Crippen molar-refractivity contribution < 1.29 is 4.79 Å². The third-order valence-electron chi connectivity index (χ3n) is 3.41. The van der Waals surface area contributed by atoms with Gasteiger partial charge in [-0.15, -0.1) is 0 Å². The summed E-state index contributed by atoms with van der Waals surface area (Å²) in [6, 6.07) is 0. The molecule has 1 N–H and O–H groups in total. The van der Waals surface area contributed by atoms with Gasteiger partial charge in [-0.3, -0.25) is 9.89 Å². The number of hydrogen-bond donors (Lipinski definition) is 1. The fourth-order valence-electron chi connectivity index (χ4n) is 2.21. The maximum absolute atomic E-state index is 12.6. The minimum Gasteiger partial charge on any atom is -0.338 e. The van der Waals surface area contributed by atoms with Gasteiger partial charge in [0.25, 0.3) is 5.91 Å². The molecule has 0 saturated heterocycles. The highest BCUT2D eigenvalue weighted by Crippen LogP contribution is 2.09. The van der Waals surface area contributed by atoms with Crippen LogP contribution in [0, 0.1) is 6.92 Å². The van der Waals surface area contributed by atoms with Crippen LogP contribution >= 0.6 is 0 Å². The van der Waals surface area contributed by atoms with E-state index in [1.807, 2.05) is 11.8 Å². The second-order valence-electron chi connectivity index (χ2n) is 6.01. The molecule has 0 bridgehead atoms. The van der Waals surface area contributed by atoms with Crippen LogP contribution in [0.25, 0.3) is 0 Å². The Morgan fingerprint density at radius 1 is 1.05 bits per heavy atom. The molecule has 1 aromatic rings. The maximum Gasteiger partial charge on any atom is 0.257 e. The highest BCUT2D eigenvalue weighted by Gasteiger charge is 2.18. The van der Waals surface area contributed by atoms with Gasteiger partial charge < -0.3 is 14.7 Å². The van der Waals surface area contributed by atoms with Crippen LogP contribution in [0.4, 0.5) is 0 Å². The van der Waals surface area contributed by atoms with Gasteiger partial charge in [-0.25, -0.2) is 0 Å². The summed E-state index contributed by atoms with van der Waals surface area (Å²) >= 11 is 0. The summed E-state index contributed by atoms with van der Waals surface area (Å²) in [5, 5.41) is 6.79. The molecule has 6 heteroatoms. The number of carbonyl (C=O) groups excluding carboxylic acids is 1. The fourth-order valence-corrected chi connectivity index (χ4v) is 2.21. The number of carbonyl (C=O) groups is 1. The number of H-pyrrole nitrogens is 1. The molecule has 0 atom stereocenters. The lowest BCUT2D eigenvalue weighted by Crippen LogP contribution is -2.35. The van der Waals surface area contributed by atoms with Gasteiger partial charge in [0.15, 0.2) is 0 Å². The molecular weight excluding hydrogens is 266 g/mol. The zero-order valence-electron chi connectivity index (χ0n) is 14.0. The van der Waals surface area contributed by atoms with Crippen LogP contribution in [0.15, 0.2) is 6.20 Å². The topological polar surface area (TPSA) is 55.5 Å². The molecule has 0 aliphatic rings. The smallest absolute Gasteiger partial charge is 0.257 e. The van der Waals surface area contributed by atoms with Gasteiger partial charge in [0, 0.05) is 18.8 Å². The number of aromatic amines is 1. The van der Waals surface area contributed by atoms with Crippen LogP contribution in [0.5, 0.6) is 0 Å². The highest BCUT2D eigenvalue weighted by molar-refractivity contribution is 5.95. The van der Waals surface area contributed by atoms with E-state index in [-0.39, 0.29) is 5.91 Å². The molecule has 0 saturated carbocycles. The number of aryl methyl sites for hydroxylation is 1. The quantitative estimate of drug-likeness (QED) is 0.740. The summed E-state index contributed by atoms with van der Waals surface area (Å²) in [6.07, 6.45) is 3.60. The number of rotatable bonds is 9. The van der Waals surface area contributed by atoms with Gasteiger partial charge in [-0.1, -0.05) is 0 Å². The van der Waals surface area contributed by atoms with E-state index in [2.05, 4.69) is 48.2 Å². The molecule has 0 fully saturated rings. The monoisotopic (exact) mass is 295 g/mol. The van der Waals surface area contributed by atoms with Crippen LogP contribution in [-0.2, 0) is 0 Å². The van der Waals surface area contributed by atoms with Crippen molar-refractivity contribution in [3.8, 4) is 0 Å². The lowest BCUT2D eigenvalue weighted by Gasteiger charge is -2.24. The lowest BCUT2D eigenvalue weighted by molar-refractivity contribution is 0.0744. The Balaban J connectivity index is 2.61. The standard InChI is InChI=1S/C15H29N5O/c1-13-14(12-16-17-13)15(21)20(10-6-8-18(2)3)11-7-9-19(4)5/h12H,6-11H2,1-5H3,(H,16,17). The molecule has 0 unspecified atom stereocenters. The van der Waals surface area contributed by atoms with Crippen molar-refractivity contribution in [2.45, 2.75) is 19.8 Å². The number of nitrogens with zero attached hydrogens (tertiary/aromatic N) is 4. The Hall–Kier alpha value is -1.40. The molecule has 120 valence electrons. The average molecular weight is 295 g/mol. The fraction of sp³-hybridized carbons (Fsp3) is 0.733. The van der Waals surface area contributed by atoms with Crippen LogP contribution in [0.2, 0.25) is 0 Å². The second-order valence-corrected chi connectivity index (χ2v) is 6.01. The molecule has 1 heterocycles. The van der Waals surface area contributed by atoms with Gasteiger partial charge in [0.2, 0.25) is 0 Å². The number of aromatic nitrogens is 2. The van der Waals surface area contributed by atoms with Gasteiger partial charge in [-0.05, 0) is 61.0 Å². The molecule has 1 amide bonds. The van der Waals surface area contributed by atoms with Crippen LogP contribution in [0.1, 0.15) is 28.9 Å². The lowest BCUT2D eigenvalue weighted by atomic mass is 10.2. The van der Waals surface area contributed by atoms with E-state index in [4.69, 9.17) is 0 Å². The molecular formula is C15H29N5O. The van der Waals surface area contributed by atoms with E-state index in [1.165, 1.54) is 0 Å². The number of hydrogen-bond acceptors (Lipinski definition) is 4. The first kappa shape index (κ1) is 17.7. The van der Waals surface area contributed by atoms with E-state index < -0.39 is 0 Å². The first-order valence-corrected chi connectivity index (χ1v) is 7.50. The van der Waals surface area contributed by atoms with E-state index >= 15 is 0 Å². The van der Waals surface area contributed by atoms with E-state index in [0.29, 0.717) is 5.56 Å². The summed E-state index contributed by atoms with van der Waals surface area (Å²) in [4.78, 5) is 18.9. The first-order chi connectivity index (χ1) is 9.91. The molecule has 0 aliphatic heterocycles. The summed E-state index contributed by atoms with van der Waals surface area (Å²) in [6.45, 7) is 5.44. The van der Waals surface area contributed by atoms with Gasteiger partial charge in [0.1, 0.15) is 0 Å². The third-order valence-corrected chi connectivity index (χ3v) is 3.41.